The number of aliphatic hydroxyl groups is 1. The van der Waals surface area contributed by atoms with E-state index in [1.165, 1.54) is 12.8 Å². The number of unbranched alkanes of at least 4 members (excludes halogenated alkanes) is 2. The Kier molecular flexibility index (Phi) is 7.39. The first-order chi connectivity index (χ1) is 9.11. The number of esters is 1. The maximum Gasteiger partial charge on any atom is 0.308 e. The fourth-order valence-corrected chi connectivity index (χ4v) is 2.65. The zero-order chi connectivity index (χ0) is 14.1. The van der Waals surface area contributed by atoms with Crippen molar-refractivity contribution < 1.29 is 14.6 Å². The van der Waals surface area contributed by atoms with E-state index in [0.717, 1.165) is 25.8 Å². The molecule has 1 fully saturated rings. The minimum Gasteiger partial charge on any atom is -0.466 e. The van der Waals surface area contributed by atoms with Gasteiger partial charge in [0.05, 0.1) is 18.1 Å². The van der Waals surface area contributed by atoms with Crippen molar-refractivity contribution >= 4 is 5.97 Å². The van der Waals surface area contributed by atoms with Gasteiger partial charge in [-0.1, -0.05) is 19.8 Å². The number of carbonyl (C=O) groups excluding carboxylic acids is 1. The molecular weight excluding hydrogens is 242 g/mol. The second-order valence-corrected chi connectivity index (χ2v) is 5.63. The van der Waals surface area contributed by atoms with Gasteiger partial charge in [-0.25, -0.2) is 0 Å². The van der Waals surface area contributed by atoms with Crippen molar-refractivity contribution in [2.45, 2.75) is 64.4 Å². The van der Waals surface area contributed by atoms with E-state index in [1.54, 1.807) is 0 Å². The first-order valence-electron chi connectivity index (χ1n) is 7.71. The monoisotopic (exact) mass is 271 g/mol. The molecule has 19 heavy (non-hydrogen) atoms. The highest BCUT2D eigenvalue weighted by molar-refractivity contribution is 5.72. The maximum absolute atomic E-state index is 11.6. The predicted molar refractivity (Wildman–Crippen MR) is 75.9 cm³/mol. The van der Waals surface area contributed by atoms with Crippen LogP contribution in [-0.4, -0.2) is 36.4 Å². The van der Waals surface area contributed by atoms with Crippen LogP contribution in [0.5, 0.6) is 0 Å². The third-order valence-corrected chi connectivity index (χ3v) is 3.95. The Hall–Kier alpha value is -0.610. The first kappa shape index (κ1) is 16.4. The van der Waals surface area contributed by atoms with Gasteiger partial charge in [0.1, 0.15) is 0 Å². The van der Waals surface area contributed by atoms with Crippen molar-refractivity contribution in [2.24, 2.45) is 5.92 Å². The third kappa shape index (κ3) is 5.91. The summed E-state index contributed by atoms with van der Waals surface area (Å²) in [6.07, 6.45) is 6.48. The molecular formula is C15H29NO3. The number of carbonyl (C=O) groups is 1. The molecule has 4 heteroatoms. The van der Waals surface area contributed by atoms with E-state index in [9.17, 15) is 9.90 Å². The molecule has 2 N–H and O–H groups in total. The Balaban J connectivity index is 2.21. The molecule has 1 aliphatic rings. The minimum absolute atomic E-state index is 0.0136. The molecule has 0 unspecified atom stereocenters. The van der Waals surface area contributed by atoms with Crippen LogP contribution < -0.4 is 5.32 Å². The van der Waals surface area contributed by atoms with Crippen molar-refractivity contribution in [1.82, 2.24) is 5.32 Å². The molecule has 1 rings (SSSR count). The highest BCUT2D eigenvalue weighted by Gasteiger charge is 2.35. The van der Waals surface area contributed by atoms with Gasteiger partial charge in [0, 0.05) is 6.54 Å². The summed E-state index contributed by atoms with van der Waals surface area (Å²) in [4.78, 5) is 11.6. The smallest absolute Gasteiger partial charge is 0.308 e. The molecule has 1 aliphatic carbocycles. The molecule has 0 radical (unpaired) electrons. The average molecular weight is 271 g/mol. The molecule has 1 saturated carbocycles. The standard InChI is InChI=1S/C15H29NO3/c1-3-5-6-11-16-12-15(18)9-7-13(8-10-15)14(17)19-4-2/h13,16,18H,3-12H2,1-2H3. The van der Waals surface area contributed by atoms with Gasteiger partial charge >= 0.3 is 5.97 Å². The lowest BCUT2D eigenvalue weighted by Gasteiger charge is -2.35. The molecule has 0 atom stereocenters. The molecule has 112 valence electrons. The topological polar surface area (TPSA) is 58.6 Å². The Morgan fingerprint density at radius 2 is 2.00 bits per heavy atom. The highest BCUT2D eigenvalue weighted by atomic mass is 16.5. The van der Waals surface area contributed by atoms with Crippen molar-refractivity contribution in [1.29, 1.82) is 0 Å². The van der Waals surface area contributed by atoms with E-state index in [-0.39, 0.29) is 11.9 Å². The summed E-state index contributed by atoms with van der Waals surface area (Å²) < 4.78 is 5.04. The molecule has 4 nitrogen and oxygen atoms in total. The van der Waals surface area contributed by atoms with Gasteiger partial charge in [-0.3, -0.25) is 4.79 Å². The van der Waals surface area contributed by atoms with Crippen molar-refractivity contribution in [3.05, 3.63) is 0 Å². The summed E-state index contributed by atoms with van der Waals surface area (Å²) >= 11 is 0. The summed E-state index contributed by atoms with van der Waals surface area (Å²) in [5.74, 6) is -0.110. The van der Waals surface area contributed by atoms with Crippen molar-refractivity contribution in [3.63, 3.8) is 0 Å². The summed E-state index contributed by atoms with van der Waals surface area (Å²) in [6, 6.07) is 0. The SMILES string of the molecule is CCCCCNCC1(O)CCC(C(=O)OCC)CC1. The Morgan fingerprint density at radius 1 is 1.32 bits per heavy atom. The second kappa shape index (κ2) is 8.54. The van der Waals surface area contributed by atoms with Crippen molar-refractivity contribution in [3.8, 4) is 0 Å². The fraction of sp³-hybridized carbons (Fsp3) is 0.933. The van der Waals surface area contributed by atoms with Crippen LogP contribution in [0.4, 0.5) is 0 Å². The Morgan fingerprint density at radius 3 is 2.58 bits per heavy atom. The lowest BCUT2D eigenvalue weighted by atomic mass is 9.79. The predicted octanol–water partition coefficient (Wildman–Crippen LogP) is 2.25. The summed E-state index contributed by atoms with van der Waals surface area (Å²) in [6.45, 7) is 6.07. The largest absolute Gasteiger partial charge is 0.466 e. The maximum atomic E-state index is 11.6. The average Bonchev–Trinajstić information content (AvgIpc) is 2.39. The van der Waals surface area contributed by atoms with Crippen LogP contribution in [0.3, 0.4) is 0 Å². The zero-order valence-corrected chi connectivity index (χ0v) is 12.4. The lowest BCUT2D eigenvalue weighted by molar-refractivity contribution is -0.151. The van der Waals surface area contributed by atoms with Crippen molar-refractivity contribution in [2.75, 3.05) is 19.7 Å². The van der Waals surface area contributed by atoms with Crippen LogP contribution in [0, 0.1) is 5.92 Å². The number of rotatable bonds is 8. The normalized spacial score (nSPS) is 27.2. The number of ether oxygens (including phenoxy) is 1. The first-order valence-corrected chi connectivity index (χ1v) is 7.71. The Labute approximate surface area is 116 Å². The lowest BCUT2D eigenvalue weighted by Crippen LogP contribution is -2.44. The summed E-state index contributed by atoms with van der Waals surface area (Å²) in [7, 11) is 0. The van der Waals surface area contributed by atoms with Crippen LogP contribution in [0.25, 0.3) is 0 Å². The van der Waals surface area contributed by atoms with E-state index in [2.05, 4.69) is 12.2 Å². The number of hydrogen-bond acceptors (Lipinski definition) is 4. The summed E-state index contributed by atoms with van der Waals surface area (Å²) in [5.41, 5.74) is -0.630. The molecule has 0 bridgehead atoms. The van der Waals surface area contributed by atoms with Gasteiger partial charge in [-0.2, -0.15) is 0 Å². The van der Waals surface area contributed by atoms with Gasteiger partial charge in [0.15, 0.2) is 0 Å². The zero-order valence-electron chi connectivity index (χ0n) is 12.4. The molecule has 0 aromatic heterocycles. The van der Waals surface area contributed by atoms with E-state index in [1.807, 2.05) is 6.92 Å². The number of nitrogens with one attached hydrogen (secondary N) is 1. The van der Waals surface area contributed by atoms with E-state index in [4.69, 9.17) is 4.74 Å². The van der Waals surface area contributed by atoms with Crippen LogP contribution in [0.15, 0.2) is 0 Å². The van der Waals surface area contributed by atoms with Gasteiger partial charge in [0.2, 0.25) is 0 Å². The van der Waals surface area contributed by atoms with Gasteiger partial charge in [-0.15, -0.1) is 0 Å². The van der Waals surface area contributed by atoms with E-state index < -0.39 is 5.60 Å². The van der Waals surface area contributed by atoms with E-state index >= 15 is 0 Å². The summed E-state index contributed by atoms with van der Waals surface area (Å²) in [5, 5.41) is 13.8. The quantitative estimate of drug-likeness (QED) is 0.525. The van der Waals surface area contributed by atoms with Crippen LogP contribution in [-0.2, 0) is 9.53 Å². The van der Waals surface area contributed by atoms with Crippen LogP contribution in [0.1, 0.15) is 58.8 Å². The molecule has 0 saturated heterocycles. The van der Waals surface area contributed by atoms with Crippen LogP contribution >= 0.6 is 0 Å². The molecule has 0 amide bonds. The van der Waals surface area contributed by atoms with Crippen LogP contribution in [0.2, 0.25) is 0 Å². The number of hydrogen-bond donors (Lipinski definition) is 2. The third-order valence-electron chi connectivity index (χ3n) is 3.95. The molecule has 0 aliphatic heterocycles. The minimum atomic E-state index is -0.630. The fourth-order valence-electron chi connectivity index (χ4n) is 2.65. The van der Waals surface area contributed by atoms with Gasteiger partial charge in [0.25, 0.3) is 0 Å². The molecule has 0 aromatic rings. The highest BCUT2D eigenvalue weighted by Crippen LogP contribution is 2.32. The molecule has 0 aromatic carbocycles. The van der Waals surface area contributed by atoms with Gasteiger partial charge in [-0.05, 0) is 45.6 Å². The van der Waals surface area contributed by atoms with E-state index in [0.29, 0.717) is 26.0 Å². The second-order valence-electron chi connectivity index (χ2n) is 5.63. The Bertz CT molecular complexity index is 260. The molecule has 0 heterocycles. The van der Waals surface area contributed by atoms with Gasteiger partial charge < -0.3 is 15.2 Å². The molecule has 0 spiro atoms.